The van der Waals surface area contributed by atoms with Gasteiger partial charge in [0, 0.05) is 35.3 Å². The summed E-state index contributed by atoms with van der Waals surface area (Å²) in [7, 11) is 1.98. The van der Waals surface area contributed by atoms with Crippen LogP contribution in [0.4, 0.5) is 4.39 Å². The summed E-state index contributed by atoms with van der Waals surface area (Å²) in [4.78, 5) is 17.5. The predicted molar refractivity (Wildman–Crippen MR) is 117 cm³/mol. The minimum absolute atomic E-state index is 0.106. The fourth-order valence-electron chi connectivity index (χ4n) is 3.67. The standard InChI is InChI=1S/C22H29BrFN3O3/c1-22(2,3)19-13-20(27(26(19)4)14-16-6-5-10-29-16)25-21(28)17-12-15(23)7-8-18(17)30-11-9-24/h7-8,12-13,16H,5-6,9-11,14H2,1-4H3/b25-20+/t16-/m1/s1. The van der Waals surface area contributed by atoms with Gasteiger partial charge in [-0.3, -0.25) is 14.2 Å². The third-order valence-corrected chi connectivity index (χ3v) is 5.63. The van der Waals surface area contributed by atoms with E-state index in [0.29, 0.717) is 23.3 Å². The number of benzene rings is 1. The number of ether oxygens (including phenoxy) is 2. The van der Waals surface area contributed by atoms with Gasteiger partial charge in [-0.15, -0.1) is 0 Å². The summed E-state index contributed by atoms with van der Waals surface area (Å²) in [6.07, 6.45) is 2.14. The lowest BCUT2D eigenvalue weighted by Crippen LogP contribution is -2.30. The van der Waals surface area contributed by atoms with Crippen molar-refractivity contribution in [3.63, 3.8) is 0 Å². The van der Waals surface area contributed by atoms with Crippen molar-refractivity contribution in [2.45, 2.75) is 51.7 Å². The molecule has 0 spiro atoms. The first-order valence-corrected chi connectivity index (χ1v) is 11.0. The number of hydrogen-bond donors (Lipinski definition) is 0. The minimum atomic E-state index is -0.629. The van der Waals surface area contributed by atoms with Gasteiger partial charge < -0.3 is 9.47 Å². The minimum Gasteiger partial charge on any atom is -0.490 e. The van der Waals surface area contributed by atoms with E-state index in [1.807, 2.05) is 17.8 Å². The molecule has 30 heavy (non-hydrogen) atoms. The largest absolute Gasteiger partial charge is 0.490 e. The van der Waals surface area contributed by atoms with Crippen molar-refractivity contribution in [2.24, 2.45) is 12.0 Å². The molecular formula is C22H29BrFN3O3. The van der Waals surface area contributed by atoms with Crippen LogP contribution in [0.15, 0.2) is 33.7 Å². The lowest BCUT2D eigenvalue weighted by Gasteiger charge is -2.21. The fraction of sp³-hybridized carbons (Fsp3) is 0.545. The Bertz CT molecular complexity index is 969. The molecule has 0 N–H and O–H groups in total. The van der Waals surface area contributed by atoms with Crippen LogP contribution in [-0.2, 0) is 23.7 Å². The molecule has 164 valence electrons. The van der Waals surface area contributed by atoms with Gasteiger partial charge in [0.2, 0.25) is 0 Å². The van der Waals surface area contributed by atoms with Crippen LogP contribution >= 0.6 is 15.9 Å². The number of rotatable bonds is 6. The Labute approximate surface area is 184 Å². The zero-order chi connectivity index (χ0) is 21.9. The summed E-state index contributed by atoms with van der Waals surface area (Å²) in [6.45, 7) is 7.03. The van der Waals surface area contributed by atoms with Crippen molar-refractivity contribution < 1.29 is 18.7 Å². The monoisotopic (exact) mass is 481 g/mol. The zero-order valence-corrected chi connectivity index (χ0v) is 19.5. The highest BCUT2D eigenvalue weighted by molar-refractivity contribution is 9.10. The number of carbonyl (C=O) groups excluding carboxylic acids is 1. The van der Waals surface area contributed by atoms with E-state index in [9.17, 15) is 9.18 Å². The summed E-state index contributed by atoms with van der Waals surface area (Å²) in [5.41, 5.74) is 1.81. The smallest absolute Gasteiger partial charge is 0.282 e. The summed E-state index contributed by atoms with van der Waals surface area (Å²) >= 11 is 3.38. The van der Waals surface area contributed by atoms with Crippen molar-refractivity contribution in [3.8, 4) is 5.75 Å². The SMILES string of the molecule is Cn1c(C(C)(C)C)c/c(=N\C(=O)c2cc(Br)ccc2OCCF)n1C[C@H]1CCCO1. The van der Waals surface area contributed by atoms with E-state index in [2.05, 4.69) is 46.4 Å². The van der Waals surface area contributed by atoms with E-state index in [4.69, 9.17) is 9.47 Å². The van der Waals surface area contributed by atoms with Crippen LogP contribution in [0.1, 0.15) is 49.7 Å². The van der Waals surface area contributed by atoms with Gasteiger partial charge in [-0.05, 0) is 31.0 Å². The summed E-state index contributed by atoms with van der Waals surface area (Å²) in [5.74, 6) is -0.112. The molecule has 6 nitrogen and oxygen atoms in total. The lowest BCUT2D eigenvalue weighted by atomic mass is 9.92. The van der Waals surface area contributed by atoms with Gasteiger partial charge in [-0.2, -0.15) is 4.99 Å². The van der Waals surface area contributed by atoms with Crippen molar-refractivity contribution in [2.75, 3.05) is 19.9 Å². The lowest BCUT2D eigenvalue weighted by molar-refractivity contribution is 0.0885. The van der Waals surface area contributed by atoms with Crippen LogP contribution in [0.3, 0.4) is 0 Å². The van der Waals surface area contributed by atoms with E-state index < -0.39 is 12.6 Å². The molecule has 0 aliphatic carbocycles. The number of alkyl halides is 1. The number of amides is 1. The molecule has 8 heteroatoms. The van der Waals surface area contributed by atoms with Crippen LogP contribution in [-0.4, -0.2) is 41.3 Å². The topological polar surface area (TPSA) is 57.8 Å². The maximum atomic E-state index is 13.1. The van der Waals surface area contributed by atoms with Gasteiger partial charge in [-0.1, -0.05) is 36.7 Å². The molecule has 0 saturated carbocycles. The molecule has 2 aromatic rings. The van der Waals surface area contributed by atoms with Crippen LogP contribution in [0, 0.1) is 0 Å². The molecule has 1 amide bonds. The van der Waals surface area contributed by atoms with E-state index in [-0.39, 0.29) is 18.1 Å². The normalized spacial score (nSPS) is 17.5. The molecule has 1 atom stereocenters. The fourth-order valence-corrected chi connectivity index (χ4v) is 4.03. The molecule has 0 unspecified atom stereocenters. The Kier molecular flexibility index (Phi) is 7.18. The van der Waals surface area contributed by atoms with E-state index in [1.165, 1.54) is 0 Å². The Morgan fingerprint density at radius 3 is 2.77 bits per heavy atom. The van der Waals surface area contributed by atoms with Crippen LogP contribution in [0.5, 0.6) is 5.75 Å². The number of carbonyl (C=O) groups is 1. The van der Waals surface area contributed by atoms with Gasteiger partial charge in [0.15, 0.2) is 5.49 Å². The van der Waals surface area contributed by atoms with Crippen LogP contribution in [0.25, 0.3) is 0 Å². The van der Waals surface area contributed by atoms with Gasteiger partial charge in [0.05, 0.1) is 18.2 Å². The molecule has 2 heterocycles. The number of aromatic nitrogens is 2. The van der Waals surface area contributed by atoms with Gasteiger partial charge >= 0.3 is 0 Å². The second-order valence-electron chi connectivity index (χ2n) is 8.47. The molecular weight excluding hydrogens is 453 g/mol. The second kappa shape index (κ2) is 9.47. The average Bonchev–Trinajstić information content (AvgIpc) is 3.30. The first-order valence-electron chi connectivity index (χ1n) is 10.2. The number of nitrogens with zero attached hydrogens (tertiary/aromatic N) is 3. The highest BCUT2D eigenvalue weighted by Crippen LogP contribution is 2.25. The Hall–Kier alpha value is -1.93. The van der Waals surface area contributed by atoms with Crippen molar-refractivity contribution in [3.05, 3.63) is 45.5 Å². The molecule has 3 rings (SSSR count). The summed E-state index contributed by atoms with van der Waals surface area (Å²) < 4.78 is 28.6. The highest BCUT2D eigenvalue weighted by Gasteiger charge is 2.24. The highest BCUT2D eigenvalue weighted by atomic mass is 79.9. The number of halogens is 2. The van der Waals surface area contributed by atoms with Crippen molar-refractivity contribution in [1.29, 1.82) is 0 Å². The maximum absolute atomic E-state index is 13.1. The van der Waals surface area contributed by atoms with Crippen molar-refractivity contribution >= 4 is 21.8 Å². The molecule has 1 saturated heterocycles. The Morgan fingerprint density at radius 2 is 2.13 bits per heavy atom. The second-order valence-corrected chi connectivity index (χ2v) is 9.39. The maximum Gasteiger partial charge on any atom is 0.282 e. The Morgan fingerprint density at radius 1 is 1.37 bits per heavy atom. The predicted octanol–water partition coefficient (Wildman–Crippen LogP) is 4.16. The van der Waals surface area contributed by atoms with Gasteiger partial charge in [0.1, 0.15) is 19.0 Å². The zero-order valence-electron chi connectivity index (χ0n) is 18.0. The van der Waals surface area contributed by atoms with Gasteiger partial charge in [0.25, 0.3) is 5.91 Å². The first kappa shape index (κ1) is 22.7. The average molecular weight is 482 g/mol. The van der Waals surface area contributed by atoms with Crippen LogP contribution < -0.4 is 10.2 Å². The molecule has 1 aliphatic heterocycles. The molecule has 1 fully saturated rings. The molecule has 1 aromatic carbocycles. The van der Waals surface area contributed by atoms with E-state index in [0.717, 1.165) is 29.6 Å². The summed E-state index contributed by atoms with van der Waals surface area (Å²) in [5, 5.41) is 0. The van der Waals surface area contributed by atoms with E-state index >= 15 is 0 Å². The van der Waals surface area contributed by atoms with Crippen molar-refractivity contribution in [1.82, 2.24) is 9.36 Å². The van der Waals surface area contributed by atoms with Gasteiger partial charge in [-0.25, -0.2) is 4.39 Å². The molecule has 0 radical (unpaired) electrons. The quantitative estimate of drug-likeness (QED) is 0.622. The third kappa shape index (κ3) is 5.21. The van der Waals surface area contributed by atoms with E-state index in [1.54, 1.807) is 18.2 Å². The first-order chi connectivity index (χ1) is 14.2. The third-order valence-electron chi connectivity index (χ3n) is 5.13. The number of hydrogen-bond acceptors (Lipinski definition) is 3. The molecule has 0 bridgehead atoms. The Balaban J connectivity index is 2.05. The van der Waals surface area contributed by atoms with Crippen LogP contribution in [0.2, 0.25) is 0 Å². The molecule has 1 aliphatic rings. The summed E-state index contributed by atoms with van der Waals surface area (Å²) in [6, 6.07) is 7.00. The molecule has 1 aromatic heterocycles.